The van der Waals surface area contributed by atoms with Crippen LogP contribution in [0.1, 0.15) is 35.9 Å². The Bertz CT molecular complexity index is 641. The molecule has 118 valence electrons. The smallest absolute Gasteiger partial charge is 0.273 e. The first-order valence-electron chi connectivity index (χ1n) is 6.89. The molecule has 1 amide bonds. The lowest BCUT2D eigenvalue weighted by Gasteiger charge is -2.07. The van der Waals surface area contributed by atoms with E-state index in [1.807, 2.05) is 13.8 Å². The van der Waals surface area contributed by atoms with E-state index in [0.717, 1.165) is 5.69 Å². The van der Waals surface area contributed by atoms with Crippen molar-refractivity contribution in [3.63, 3.8) is 0 Å². The third-order valence-corrected chi connectivity index (χ3v) is 4.05. The van der Waals surface area contributed by atoms with Crippen molar-refractivity contribution in [2.24, 2.45) is 0 Å². The monoisotopic (exact) mass is 385 g/mol. The van der Waals surface area contributed by atoms with Crippen molar-refractivity contribution in [2.75, 3.05) is 13.2 Å². The number of ether oxygens (including phenoxy) is 1. The number of amides is 1. The number of nitrogens with one attached hydrogen (secondary N) is 2. The second-order valence-electron chi connectivity index (χ2n) is 5.01. The number of halogens is 2. The summed E-state index contributed by atoms with van der Waals surface area (Å²) >= 11 is 9.20. The van der Waals surface area contributed by atoms with E-state index in [9.17, 15) is 4.79 Å². The van der Waals surface area contributed by atoms with Gasteiger partial charge in [0, 0.05) is 5.02 Å². The lowest BCUT2D eigenvalue weighted by atomic mass is 10.1. The van der Waals surface area contributed by atoms with E-state index in [2.05, 4.69) is 31.4 Å². The van der Waals surface area contributed by atoms with Gasteiger partial charge in [0.15, 0.2) is 5.69 Å². The minimum absolute atomic E-state index is 0.241. The highest BCUT2D eigenvalue weighted by Gasteiger charge is 2.18. The molecule has 0 aliphatic heterocycles. The maximum atomic E-state index is 12.1. The molecule has 0 radical (unpaired) electrons. The number of carbonyl (C=O) groups is 1. The minimum atomic E-state index is -0.241. The average Bonchev–Trinajstić information content (AvgIpc) is 2.87. The van der Waals surface area contributed by atoms with Gasteiger partial charge in [0.2, 0.25) is 0 Å². The third-order valence-electron chi connectivity index (χ3n) is 2.99. The summed E-state index contributed by atoms with van der Waals surface area (Å²) in [6, 6.07) is 7.07. The van der Waals surface area contributed by atoms with Crippen LogP contribution in [0.15, 0.2) is 28.7 Å². The van der Waals surface area contributed by atoms with Crippen molar-refractivity contribution < 1.29 is 9.53 Å². The van der Waals surface area contributed by atoms with Gasteiger partial charge in [-0.2, -0.15) is 5.10 Å². The number of benzene rings is 1. The Hall–Kier alpha value is -1.53. The summed E-state index contributed by atoms with van der Waals surface area (Å²) in [6.45, 7) is 4.81. The highest BCUT2D eigenvalue weighted by Crippen LogP contribution is 2.25. The van der Waals surface area contributed by atoms with Crippen LogP contribution >= 0.6 is 27.5 Å². The lowest BCUT2D eigenvalue weighted by Crippen LogP contribution is -2.28. The molecule has 0 saturated heterocycles. The summed E-state index contributed by atoms with van der Waals surface area (Å²) in [4.78, 5) is 12.1. The molecule has 0 bridgehead atoms. The van der Waals surface area contributed by atoms with Gasteiger partial charge in [-0.05, 0) is 46.1 Å². The summed E-state index contributed by atoms with van der Waals surface area (Å²) in [7, 11) is 0. The Morgan fingerprint density at radius 3 is 2.68 bits per heavy atom. The zero-order valence-electron chi connectivity index (χ0n) is 12.3. The molecule has 1 aromatic heterocycles. The molecule has 22 heavy (non-hydrogen) atoms. The number of nitrogens with zero attached hydrogens (tertiary/aromatic N) is 1. The molecule has 7 heteroatoms. The quantitative estimate of drug-likeness (QED) is 0.743. The van der Waals surface area contributed by atoms with E-state index >= 15 is 0 Å². The van der Waals surface area contributed by atoms with Crippen molar-refractivity contribution in [3.05, 3.63) is 45.1 Å². The molecule has 2 aromatic rings. The number of aromatic amines is 1. The van der Waals surface area contributed by atoms with E-state index < -0.39 is 0 Å². The van der Waals surface area contributed by atoms with Gasteiger partial charge in [0.25, 0.3) is 5.91 Å². The van der Waals surface area contributed by atoms with Gasteiger partial charge in [-0.25, -0.2) is 0 Å². The first kappa shape index (κ1) is 16.8. The predicted molar refractivity (Wildman–Crippen MR) is 89.7 cm³/mol. The van der Waals surface area contributed by atoms with Crippen molar-refractivity contribution in [1.82, 2.24) is 15.5 Å². The van der Waals surface area contributed by atoms with Gasteiger partial charge in [-0.1, -0.05) is 25.4 Å². The Balaban J connectivity index is 1.82. The van der Waals surface area contributed by atoms with Gasteiger partial charge < -0.3 is 10.1 Å². The van der Waals surface area contributed by atoms with Crippen molar-refractivity contribution in [3.8, 4) is 5.75 Å². The van der Waals surface area contributed by atoms with Gasteiger partial charge in [-0.3, -0.25) is 9.89 Å². The van der Waals surface area contributed by atoms with Gasteiger partial charge in [0.1, 0.15) is 12.4 Å². The zero-order valence-corrected chi connectivity index (χ0v) is 14.7. The molecule has 0 atom stereocenters. The second-order valence-corrected chi connectivity index (χ2v) is 6.24. The molecular weight excluding hydrogens is 370 g/mol. The number of rotatable bonds is 6. The van der Waals surface area contributed by atoms with Crippen molar-refractivity contribution in [1.29, 1.82) is 0 Å². The Morgan fingerprint density at radius 1 is 1.41 bits per heavy atom. The lowest BCUT2D eigenvalue weighted by molar-refractivity contribution is 0.0941. The first-order valence-corrected chi connectivity index (χ1v) is 8.06. The van der Waals surface area contributed by atoms with Crippen LogP contribution in [0, 0.1) is 0 Å². The third kappa shape index (κ3) is 4.24. The number of hydrogen-bond acceptors (Lipinski definition) is 3. The van der Waals surface area contributed by atoms with E-state index in [-0.39, 0.29) is 11.8 Å². The zero-order chi connectivity index (χ0) is 16.1. The van der Waals surface area contributed by atoms with Crippen LogP contribution in [0.3, 0.4) is 0 Å². The van der Waals surface area contributed by atoms with E-state index in [4.69, 9.17) is 16.3 Å². The SMILES string of the molecule is CC(C)c1[nH]nc(C(=O)NCCOc2ccc(Cl)cc2)c1Br. The Kier molecular flexibility index (Phi) is 5.85. The maximum absolute atomic E-state index is 12.1. The topological polar surface area (TPSA) is 67.0 Å². The number of H-pyrrole nitrogens is 1. The fraction of sp³-hybridized carbons (Fsp3) is 0.333. The molecule has 5 nitrogen and oxygen atoms in total. The van der Waals surface area contributed by atoms with Crippen molar-refractivity contribution in [2.45, 2.75) is 19.8 Å². The van der Waals surface area contributed by atoms with Crippen LogP contribution in [0.5, 0.6) is 5.75 Å². The van der Waals surface area contributed by atoms with Crippen molar-refractivity contribution >= 4 is 33.4 Å². The van der Waals surface area contributed by atoms with Crippen LogP contribution in [0.2, 0.25) is 5.02 Å². The summed E-state index contributed by atoms with van der Waals surface area (Å²) in [5.41, 5.74) is 1.26. The standard InChI is InChI=1S/C15H17BrClN3O2/c1-9(2)13-12(16)14(20-19-13)15(21)18-7-8-22-11-5-3-10(17)4-6-11/h3-6,9H,7-8H2,1-2H3,(H,18,21)(H,19,20). The predicted octanol–water partition coefficient (Wildman–Crippen LogP) is 3.76. The van der Waals surface area contributed by atoms with E-state index in [1.54, 1.807) is 24.3 Å². The van der Waals surface area contributed by atoms with Crippen LogP contribution < -0.4 is 10.1 Å². The fourth-order valence-electron chi connectivity index (χ4n) is 1.82. The molecule has 0 unspecified atom stereocenters. The minimum Gasteiger partial charge on any atom is -0.492 e. The molecule has 2 N–H and O–H groups in total. The number of carbonyl (C=O) groups excluding carboxylic acids is 1. The van der Waals surface area contributed by atoms with Gasteiger partial charge in [-0.15, -0.1) is 0 Å². The van der Waals surface area contributed by atoms with Crippen LogP contribution in [-0.4, -0.2) is 29.3 Å². The number of aromatic nitrogens is 2. The molecule has 0 aliphatic carbocycles. The van der Waals surface area contributed by atoms with Crippen LogP contribution in [0.25, 0.3) is 0 Å². The van der Waals surface area contributed by atoms with E-state index in [1.165, 1.54) is 0 Å². The van der Waals surface area contributed by atoms with Crippen LogP contribution in [0.4, 0.5) is 0 Å². The summed E-state index contributed by atoms with van der Waals surface area (Å²) in [5, 5.41) is 10.3. The highest BCUT2D eigenvalue weighted by molar-refractivity contribution is 9.10. The second kappa shape index (κ2) is 7.65. The fourth-order valence-corrected chi connectivity index (χ4v) is 2.76. The first-order chi connectivity index (χ1) is 10.5. The molecule has 0 saturated carbocycles. The molecule has 0 aliphatic rings. The molecule has 2 rings (SSSR count). The van der Waals surface area contributed by atoms with Gasteiger partial charge >= 0.3 is 0 Å². The molecule has 1 aromatic carbocycles. The van der Waals surface area contributed by atoms with Gasteiger partial charge in [0.05, 0.1) is 16.7 Å². The molecule has 1 heterocycles. The normalized spacial score (nSPS) is 10.8. The van der Waals surface area contributed by atoms with Crippen LogP contribution in [-0.2, 0) is 0 Å². The summed E-state index contributed by atoms with van der Waals surface area (Å²) < 4.78 is 6.21. The summed E-state index contributed by atoms with van der Waals surface area (Å²) in [6.07, 6.45) is 0. The van der Waals surface area contributed by atoms with E-state index in [0.29, 0.717) is 34.1 Å². The molecule has 0 fully saturated rings. The Morgan fingerprint density at radius 2 is 2.09 bits per heavy atom. The molecule has 0 spiro atoms. The maximum Gasteiger partial charge on any atom is 0.273 e. The average molecular weight is 387 g/mol. The molecular formula is C15H17BrClN3O2. The summed E-state index contributed by atoms with van der Waals surface area (Å²) in [5.74, 6) is 0.730. The highest BCUT2D eigenvalue weighted by atomic mass is 79.9. The number of hydrogen-bond donors (Lipinski definition) is 2. The Labute approximate surface area is 142 Å². The largest absolute Gasteiger partial charge is 0.492 e.